The maximum Gasteiger partial charge on any atom is 0.274 e. The van der Waals surface area contributed by atoms with Crippen molar-refractivity contribution in [1.29, 1.82) is 0 Å². The van der Waals surface area contributed by atoms with Crippen LogP contribution in [-0.4, -0.2) is 44.1 Å². The van der Waals surface area contributed by atoms with E-state index in [1.165, 1.54) is 12.3 Å². The second-order valence-corrected chi connectivity index (χ2v) is 8.08. The number of aryl methyl sites for hydroxylation is 1. The maximum atomic E-state index is 13.5. The quantitative estimate of drug-likeness (QED) is 0.651. The van der Waals surface area contributed by atoms with E-state index in [-0.39, 0.29) is 23.7 Å². The van der Waals surface area contributed by atoms with Crippen molar-refractivity contribution in [2.45, 2.75) is 26.2 Å². The van der Waals surface area contributed by atoms with E-state index in [4.69, 9.17) is 0 Å². The van der Waals surface area contributed by atoms with Crippen LogP contribution in [0.4, 0.5) is 14.5 Å². The third-order valence-electron chi connectivity index (χ3n) is 4.98. The molecule has 1 N–H and O–H groups in total. The molecule has 1 aromatic carbocycles. The van der Waals surface area contributed by atoms with Gasteiger partial charge in [-0.2, -0.15) is 4.37 Å². The first-order chi connectivity index (χ1) is 14.9. The number of benzene rings is 1. The van der Waals surface area contributed by atoms with Crippen LogP contribution in [0.25, 0.3) is 0 Å². The normalized spacial score (nSPS) is 13.5. The van der Waals surface area contributed by atoms with Crippen molar-refractivity contribution in [3.05, 3.63) is 69.7 Å². The molecule has 1 saturated heterocycles. The zero-order chi connectivity index (χ0) is 22.0. The van der Waals surface area contributed by atoms with Crippen LogP contribution in [0.1, 0.15) is 50.0 Å². The number of anilines is 1. The molecule has 3 heterocycles. The third kappa shape index (κ3) is 4.58. The standard InChI is InChI=1S/C21H19F2N5O2S/c1-12-19(20(29)26-13-4-5-15(22)16(23)8-13)18(31-27-12)9-14-10-24-11-17(25-14)21(30)28-6-2-3-7-28/h4-5,8,10-11H,2-3,6-7,9H2,1H3,(H,26,29). The Morgan fingerprint density at radius 3 is 2.68 bits per heavy atom. The number of halogens is 2. The average molecular weight is 443 g/mol. The Labute approximate surface area is 181 Å². The molecule has 2 aromatic heterocycles. The predicted octanol–water partition coefficient (Wildman–Crippen LogP) is 3.60. The van der Waals surface area contributed by atoms with E-state index in [0.717, 1.165) is 36.5 Å². The fourth-order valence-electron chi connectivity index (χ4n) is 3.44. The highest BCUT2D eigenvalue weighted by atomic mass is 32.1. The summed E-state index contributed by atoms with van der Waals surface area (Å²) in [4.78, 5) is 36.3. The summed E-state index contributed by atoms with van der Waals surface area (Å²) < 4.78 is 30.8. The lowest BCUT2D eigenvalue weighted by atomic mass is 10.1. The molecule has 4 rings (SSSR count). The zero-order valence-electron chi connectivity index (χ0n) is 16.7. The van der Waals surface area contributed by atoms with Gasteiger partial charge in [0.2, 0.25) is 0 Å². The number of aromatic nitrogens is 3. The molecule has 0 aliphatic carbocycles. The number of carbonyl (C=O) groups excluding carboxylic acids is 2. The van der Waals surface area contributed by atoms with Gasteiger partial charge in [-0.25, -0.2) is 13.8 Å². The van der Waals surface area contributed by atoms with Crippen molar-refractivity contribution < 1.29 is 18.4 Å². The van der Waals surface area contributed by atoms with Gasteiger partial charge in [0.05, 0.1) is 23.1 Å². The number of hydrogen-bond acceptors (Lipinski definition) is 6. The van der Waals surface area contributed by atoms with E-state index in [2.05, 4.69) is 19.7 Å². The predicted molar refractivity (Wildman–Crippen MR) is 111 cm³/mol. The van der Waals surface area contributed by atoms with E-state index in [0.29, 0.717) is 34.9 Å². The third-order valence-corrected chi connectivity index (χ3v) is 5.91. The highest BCUT2D eigenvalue weighted by molar-refractivity contribution is 7.06. The number of nitrogens with zero attached hydrogens (tertiary/aromatic N) is 4. The number of nitrogens with one attached hydrogen (secondary N) is 1. The van der Waals surface area contributed by atoms with Crippen LogP contribution < -0.4 is 5.32 Å². The molecule has 0 atom stereocenters. The monoisotopic (exact) mass is 443 g/mol. The molecule has 0 bridgehead atoms. The van der Waals surface area contributed by atoms with Crippen LogP contribution >= 0.6 is 11.5 Å². The second kappa shape index (κ2) is 8.84. The maximum absolute atomic E-state index is 13.5. The van der Waals surface area contributed by atoms with Crippen molar-refractivity contribution in [3.63, 3.8) is 0 Å². The fourth-order valence-corrected chi connectivity index (χ4v) is 4.32. The molecule has 0 unspecified atom stereocenters. The number of amides is 2. The van der Waals surface area contributed by atoms with Crippen molar-refractivity contribution in [2.24, 2.45) is 0 Å². The van der Waals surface area contributed by atoms with Gasteiger partial charge in [-0.05, 0) is 43.4 Å². The zero-order valence-corrected chi connectivity index (χ0v) is 17.5. The summed E-state index contributed by atoms with van der Waals surface area (Å²) in [5.41, 5.74) is 1.80. The molecule has 160 valence electrons. The van der Waals surface area contributed by atoms with E-state index in [1.807, 2.05) is 0 Å². The number of rotatable bonds is 5. The Balaban J connectivity index is 1.54. The molecule has 1 fully saturated rings. The first kappa shape index (κ1) is 21.0. The molecule has 7 nitrogen and oxygen atoms in total. The summed E-state index contributed by atoms with van der Waals surface area (Å²) in [5, 5.41) is 2.57. The van der Waals surface area contributed by atoms with E-state index in [9.17, 15) is 18.4 Å². The van der Waals surface area contributed by atoms with Gasteiger partial charge < -0.3 is 10.2 Å². The Morgan fingerprint density at radius 1 is 1.16 bits per heavy atom. The van der Waals surface area contributed by atoms with Crippen LogP contribution in [-0.2, 0) is 6.42 Å². The van der Waals surface area contributed by atoms with Gasteiger partial charge in [-0.1, -0.05) is 0 Å². The minimum atomic E-state index is -1.05. The summed E-state index contributed by atoms with van der Waals surface area (Å²) in [6.07, 6.45) is 5.22. The van der Waals surface area contributed by atoms with Gasteiger partial charge in [0.1, 0.15) is 5.69 Å². The molecule has 2 amide bonds. The molecule has 1 aliphatic heterocycles. The summed E-state index contributed by atoms with van der Waals surface area (Å²) in [6.45, 7) is 3.12. The van der Waals surface area contributed by atoms with E-state index < -0.39 is 17.5 Å². The molecule has 1 aliphatic rings. The van der Waals surface area contributed by atoms with Crippen molar-refractivity contribution in [3.8, 4) is 0 Å². The van der Waals surface area contributed by atoms with Gasteiger partial charge in [0.15, 0.2) is 11.6 Å². The molecule has 10 heteroatoms. The molecular formula is C21H19F2N5O2S. The number of hydrogen-bond donors (Lipinski definition) is 1. The number of carbonyl (C=O) groups is 2. The molecule has 0 radical (unpaired) electrons. The average Bonchev–Trinajstić information content (AvgIpc) is 3.41. The highest BCUT2D eigenvalue weighted by Gasteiger charge is 2.23. The molecule has 3 aromatic rings. The molecular weight excluding hydrogens is 424 g/mol. The largest absolute Gasteiger partial charge is 0.337 e. The minimum Gasteiger partial charge on any atom is -0.337 e. The fraction of sp³-hybridized carbons (Fsp3) is 0.286. The SMILES string of the molecule is Cc1nsc(Cc2cncc(C(=O)N3CCCC3)n2)c1C(=O)Nc1ccc(F)c(F)c1. The second-order valence-electron chi connectivity index (χ2n) is 7.22. The van der Waals surface area contributed by atoms with Crippen LogP contribution in [0, 0.1) is 18.6 Å². The lowest BCUT2D eigenvalue weighted by Gasteiger charge is -2.14. The van der Waals surface area contributed by atoms with Gasteiger partial charge in [-0.15, -0.1) is 0 Å². The van der Waals surface area contributed by atoms with E-state index in [1.54, 1.807) is 18.0 Å². The van der Waals surface area contributed by atoms with E-state index >= 15 is 0 Å². The number of likely N-dealkylation sites (tertiary alicyclic amines) is 1. The molecule has 0 spiro atoms. The topological polar surface area (TPSA) is 88.1 Å². The molecule has 31 heavy (non-hydrogen) atoms. The first-order valence-corrected chi connectivity index (χ1v) is 10.5. The van der Waals surface area contributed by atoms with Crippen molar-refractivity contribution in [2.75, 3.05) is 18.4 Å². The van der Waals surface area contributed by atoms with Crippen molar-refractivity contribution in [1.82, 2.24) is 19.2 Å². The lowest BCUT2D eigenvalue weighted by Crippen LogP contribution is -2.28. The van der Waals surface area contributed by atoms with Crippen LogP contribution in [0.3, 0.4) is 0 Å². The van der Waals surface area contributed by atoms with Gasteiger partial charge in [-0.3, -0.25) is 14.6 Å². The minimum absolute atomic E-state index is 0.137. The Hall–Kier alpha value is -3.27. The van der Waals surface area contributed by atoms with Gasteiger partial charge in [0.25, 0.3) is 11.8 Å². The first-order valence-electron chi connectivity index (χ1n) is 9.74. The smallest absolute Gasteiger partial charge is 0.274 e. The van der Waals surface area contributed by atoms with Crippen LogP contribution in [0.2, 0.25) is 0 Å². The summed E-state index contributed by atoms with van der Waals surface area (Å²) in [6, 6.07) is 3.15. The van der Waals surface area contributed by atoms with Gasteiger partial charge >= 0.3 is 0 Å². The highest BCUT2D eigenvalue weighted by Crippen LogP contribution is 2.23. The van der Waals surface area contributed by atoms with Crippen LogP contribution in [0.15, 0.2) is 30.6 Å². The summed E-state index contributed by atoms with van der Waals surface area (Å²) in [7, 11) is 0. The lowest BCUT2D eigenvalue weighted by molar-refractivity contribution is 0.0786. The Kier molecular flexibility index (Phi) is 5.99. The Morgan fingerprint density at radius 2 is 1.94 bits per heavy atom. The Bertz CT molecular complexity index is 1140. The summed E-state index contributed by atoms with van der Waals surface area (Å²) in [5.74, 6) is -2.67. The van der Waals surface area contributed by atoms with Crippen molar-refractivity contribution >= 4 is 29.0 Å². The van der Waals surface area contributed by atoms with Crippen LogP contribution in [0.5, 0.6) is 0 Å². The van der Waals surface area contributed by atoms with Gasteiger partial charge in [0, 0.05) is 42.3 Å². The molecule has 0 saturated carbocycles. The summed E-state index contributed by atoms with van der Waals surface area (Å²) >= 11 is 1.15.